The van der Waals surface area contributed by atoms with E-state index in [1.54, 1.807) is 56.1 Å². The van der Waals surface area contributed by atoms with Crippen molar-refractivity contribution >= 4 is 29.2 Å². The molecule has 5 N–H and O–H groups in total. The monoisotopic (exact) mass is 497 g/mol. The molecule has 0 saturated heterocycles. The Morgan fingerprint density at radius 2 is 1.69 bits per heavy atom. The summed E-state index contributed by atoms with van der Waals surface area (Å²) in [5, 5.41) is 39.8. The number of amides is 1. The molecule has 0 aromatic heterocycles. The zero-order valence-corrected chi connectivity index (χ0v) is 21.5. The summed E-state index contributed by atoms with van der Waals surface area (Å²) >= 11 is 0. The van der Waals surface area contributed by atoms with Gasteiger partial charge in [0.05, 0.1) is 19.2 Å². The van der Waals surface area contributed by atoms with Gasteiger partial charge in [-0.1, -0.05) is 26.0 Å². The lowest BCUT2D eigenvalue weighted by Crippen LogP contribution is -2.47. The van der Waals surface area contributed by atoms with Gasteiger partial charge in [-0.25, -0.2) is 0 Å². The van der Waals surface area contributed by atoms with Crippen LogP contribution in [0.2, 0.25) is 0 Å². The maximum atomic E-state index is 12.8. The fourth-order valence-electron chi connectivity index (χ4n) is 3.67. The second kappa shape index (κ2) is 12.2. The minimum Gasteiger partial charge on any atom is -0.507 e. The Kier molecular flexibility index (Phi) is 9.57. The molecule has 0 unspecified atom stereocenters. The molecule has 0 bridgehead atoms. The Morgan fingerprint density at radius 1 is 1.08 bits per heavy atom. The second-order valence-electron chi connectivity index (χ2n) is 9.16. The van der Waals surface area contributed by atoms with Gasteiger partial charge in [0.25, 0.3) is 5.91 Å². The third-order valence-electron chi connectivity index (χ3n) is 5.36. The van der Waals surface area contributed by atoms with Crippen molar-refractivity contribution in [2.45, 2.75) is 46.2 Å². The highest BCUT2D eigenvalue weighted by Gasteiger charge is 2.27. The molecule has 2 aromatic rings. The summed E-state index contributed by atoms with van der Waals surface area (Å²) in [6.07, 6.45) is 0. The number of phenols is 1. The van der Waals surface area contributed by atoms with Crippen molar-refractivity contribution in [3.05, 3.63) is 53.1 Å². The van der Waals surface area contributed by atoms with Gasteiger partial charge >= 0.3 is 5.97 Å². The van der Waals surface area contributed by atoms with Gasteiger partial charge in [-0.15, -0.1) is 0 Å². The van der Waals surface area contributed by atoms with Crippen molar-refractivity contribution < 1.29 is 24.5 Å². The number of hydrogen-bond acceptors (Lipinski definition) is 7. The molecule has 2 rings (SSSR count). The molecule has 0 heterocycles. The van der Waals surface area contributed by atoms with Crippen LogP contribution in [0.15, 0.2) is 36.4 Å². The predicted molar refractivity (Wildman–Crippen MR) is 139 cm³/mol. The van der Waals surface area contributed by atoms with Crippen LogP contribution in [0.5, 0.6) is 11.5 Å². The van der Waals surface area contributed by atoms with Crippen molar-refractivity contribution in [3.8, 4) is 11.5 Å². The summed E-state index contributed by atoms with van der Waals surface area (Å²) < 4.78 is 5.37. The number of methoxy groups -OCH3 is 1. The molecule has 0 fully saturated rings. The number of aromatic hydroxyl groups is 1. The van der Waals surface area contributed by atoms with Crippen molar-refractivity contribution in [1.82, 2.24) is 10.2 Å². The lowest BCUT2D eigenvalue weighted by atomic mass is 9.97. The largest absolute Gasteiger partial charge is 0.507 e. The minimum atomic E-state index is -0.932. The van der Waals surface area contributed by atoms with Crippen LogP contribution in [-0.2, 0) is 16.1 Å². The van der Waals surface area contributed by atoms with Gasteiger partial charge < -0.3 is 20.3 Å². The Labute approximate surface area is 211 Å². The van der Waals surface area contributed by atoms with Crippen molar-refractivity contribution in [1.29, 1.82) is 10.8 Å². The lowest BCUT2D eigenvalue weighted by Gasteiger charge is -2.27. The average molecular weight is 498 g/mol. The maximum Gasteiger partial charge on any atom is 0.317 e. The third kappa shape index (κ3) is 7.05. The topological polar surface area (TPSA) is 150 Å². The smallest absolute Gasteiger partial charge is 0.317 e. The number of likely N-dealkylation sites (N-methyl/N-ethyl adjacent to an activating group) is 1. The van der Waals surface area contributed by atoms with Gasteiger partial charge in [0, 0.05) is 24.3 Å². The van der Waals surface area contributed by atoms with E-state index in [1.807, 2.05) is 13.8 Å². The number of nitrogens with one attached hydrogen (secondary N) is 3. The number of anilines is 1. The minimum absolute atomic E-state index is 0.0336. The first-order chi connectivity index (χ1) is 16.8. The average Bonchev–Trinajstić information content (AvgIpc) is 2.78. The van der Waals surface area contributed by atoms with Gasteiger partial charge in [0.15, 0.2) is 5.84 Å². The summed E-state index contributed by atoms with van der Waals surface area (Å²) in [6.45, 7) is 7.72. The summed E-state index contributed by atoms with van der Waals surface area (Å²) in [7, 11) is 3.19. The second-order valence-corrected chi connectivity index (χ2v) is 9.16. The Balaban J connectivity index is 2.52. The SMILES string of the molecule is COc1cc(O)c(C(=N)N(C(=N)C(=O)NC(C)C)c2ccc(CN(C)CC(=O)O)cc2)cc1C(C)C. The van der Waals surface area contributed by atoms with Crippen LogP contribution in [0.1, 0.15) is 50.3 Å². The number of carboxylic acids is 1. The van der Waals surface area contributed by atoms with Crippen molar-refractivity contribution in [2.24, 2.45) is 0 Å². The molecule has 194 valence electrons. The molecule has 0 aliphatic heterocycles. The number of rotatable bonds is 9. The number of hydrogen-bond donors (Lipinski definition) is 5. The molecule has 0 aliphatic carbocycles. The van der Waals surface area contributed by atoms with Crippen molar-refractivity contribution in [2.75, 3.05) is 25.6 Å². The molecular formula is C26H35N5O5. The lowest BCUT2D eigenvalue weighted by molar-refractivity contribution is -0.138. The summed E-state index contributed by atoms with van der Waals surface area (Å²) in [4.78, 5) is 26.5. The van der Waals surface area contributed by atoms with E-state index in [1.165, 1.54) is 13.2 Å². The highest BCUT2D eigenvalue weighted by Crippen LogP contribution is 2.34. The summed E-state index contributed by atoms with van der Waals surface area (Å²) in [5.74, 6) is -2.03. The van der Waals surface area contributed by atoms with Gasteiger partial charge in [-0.3, -0.25) is 30.2 Å². The Bertz CT molecular complexity index is 1130. The van der Waals surface area contributed by atoms with Crippen LogP contribution in [0.3, 0.4) is 0 Å². The predicted octanol–water partition coefficient (Wildman–Crippen LogP) is 3.37. The summed E-state index contributed by atoms with van der Waals surface area (Å²) in [6, 6.07) is 9.64. The molecule has 1 amide bonds. The Morgan fingerprint density at radius 3 is 2.19 bits per heavy atom. The maximum absolute atomic E-state index is 12.8. The molecule has 10 heteroatoms. The molecule has 0 atom stereocenters. The standard InChI is InChI=1S/C26H35N5O5/c1-15(2)19-11-20(21(32)12-22(19)36-6)24(27)31(25(28)26(35)29-16(3)4)18-9-7-17(8-10-18)13-30(5)14-23(33)34/h7-12,15-16,27-28,32H,13-14H2,1-6H3,(H,29,35)(H,33,34). The number of carboxylic acid groups (broad SMARTS) is 1. The quantitative estimate of drug-likeness (QED) is 0.263. The third-order valence-corrected chi connectivity index (χ3v) is 5.36. The van der Waals surface area contributed by atoms with E-state index in [2.05, 4.69) is 5.32 Å². The van der Waals surface area contributed by atoms with Crippen LogP contribution < -0.4 is 15.0 Å². The van der Waals surface area contributed by atoms with E-state index in [0.717, 1.165) is 16.0 Å². The molecule has 0 radical (unpaired) electrons. The van der Waals surface area contributed by atoms with E-state index in [9.17, 15) is 14.7 Å². The Hall–Kier alpha value is -3.92. The fourth-order valence-corrected chi connectivity index (χ4v) is 3.67. The normalized spacial score (nSPS) is 11.0. The first-order valence-electron chi connectivity index (χ1n) is 11.5. The zero-order chi connectivity index (χ0) is 27.2. The first kappa shape index (κ1) is 28.3. The molecule has 36 heavy (non-hydrogen) atoms. The molecule has 2 aromatic carbocycles. The van der Waals surface area contributed by atoms with Gasteiger partial charge in [-0.2, -0.15) is 0 Å². The van der Waals surface area contributed by atoms with E-state index < -0.39 is 17.7 Å². The van der Waals surface area contributed by atoms with Crippen LogP contribution in [-0.4, -0.2) is 65.4 Å². The van der Waals surface area contributed by atoms with Crippen LogP contribution in [0.25, 0.3) is 0 Å². The van der Waals surface area contributed by atoms with Gasteiger partial charge in [-0.05, 0) is 56.1 Å². The number of benzene rings is 2. The van der Waals surface area contributed by atoms with Crippen LogP contribution >= 0.6 is 0 Å². The van der Waals surface area contributed by atoms with E-state index in [0.29, 0.717) is 18.0 Å². The van der Waals surface area contributed by atoms with Crippen LogP contribution in [0, 0.1) is 10.8 Å². The number of amidine groups is 2. The van der Waals surface area contributed by atoms with E-state index in [4.69, 9.17) is 20.7 Å². The van der Waals surface area contributed by atoms with Crippen LogP contribution in [0.4, 0.5) is 5.69 Å². The first-order valence-corrected chi connectivity index (χ1v) is 11.5. The fraction of sp³-hybridized carbons (Fsp3) is 0.385. The van der Waals surface area contributed by atoms with Gasteiger partial charge in [0.2, 0.25) is 0 Å². The molecule has 0 saturated carbocycles. The van der Waals surface area contributed by atoms with E-state index in [-0.39, 0.29) is 35.7 Å². The van der Waals surface area contributed by atoms with Gasteiger partial charge in [0.1, 0.15) is 17.3 Å². The molecule has 0 aliphatic rings. The summed E-state index contributed by atoms with van der Waals surface area (Å²) in [5.41, 5.74) is 2.10. The number of nitrogens with zero attached hydrogens (tertiary/aromatic N) is 2. The molecule has 10 nitrogen and oxygen atoms in total. The molecule has 0 spiro atoms. The highest BCUT2D eigenvalue weighted by molar-refractivity contribution is 6.48. The van der Waals surface area contributed by atoms with E-state index >= 15 is 0 Å². The molecular weight excluding hydrogens is 462 g/mol. The van der Waals surface area contributed by atoms with Crippen molar-refractivity contribution in [3.63, 3.8) is 0 Å². The number of carbonyl (C=O) groups is 2. The zero-order valence-electron chi connectivity index (χ0n) is 21.5. The highest BCUT2D eigenvalue weighted by atomic mass is 16.5. The number of phenolic OH excluding ortho intramolecular Hbond substituents is 1. The number of carbonyl (C=O) groups excluding carboxylic acids is 1. The number of ether oxygens (including phenoxy) is 1. The number of aliphatic carboxylic acids is 1.